The SMILES string of the molecule is O=C1OC2(CCNCC2)CN1Cc1ccc2ccccc2c1. The lowest BCUT2D eigenvalue weighted by molar-refractivity contribution is 0.0316. The molecule has 114 valence electrons. The van der Waals surface area contributed by atoms with Crippen molar-refractivity contribution in [3.63, 3.8) is 0 Å². The average molecular weight is 296 g/mol. The van der Waals surface area contributed by atoms with E-state index in [0.717, 1.165) is 31.5 Å². The summed E-state index contributed by atoms with van der Waals surface area (Å²) < 4.78 is 5.71. The number of ether oxygens (including phenoxy) is 1. The molecule has 2 aromatic rings. The lowest BCUT2D eigenvalue weighted by atomic mass is 9.92. The molecule has 0 aromatic heterocycles. The summed E-state index contributed by atoms with van der Waals surface area (Å²) in [4.78, 5) is 14.0. The molecule has 1 spiro atoms. The molecule has 0 atom stereocenters. The van der Waals surface area contributed by atoms with E-state index >= 15 is 0 Å². The van der Waals surface area contributed by atoms with Crippen LogP contribution in [-0.4, -0.2) is 36.2 Å². The maximum absolute atomic E-state index is 12.2. The largest absolute Gasteiger partial charge is 0.441 e. The normalized spacial score (nSPS) is 20.5. The maximum atomic E-state index is 12.2. The van der Waals surface area contributed by atoms with Gasteiger partial charge in [0.15, 0.2) is 0 Å². The molecule has 2 aliphatic rings. The second kappa shape index (κ2) is 5.29. The quantitative estimate of drug-likeness (QED) is 0.926. The minimum atomic E-state index is -0.265. The van der Waals surface area contributed by atoms with Crippen LogP contribution in [-0.2, 0) is 11.3 Å². The highest BCUT2D eigenvalue weighted by Crippen LogP contribution is 2.32. The summed E-state index contributed by atoms with van der Waals surface area (Å²) in [6.45, 7) is 3.19. The van der Waals surface area contributed by atoms with E-state index in [-0.39, 0.29) is 11.7 Å². The number of fused-ring (bicyclic) bond motifs is 1. The summed E-state index contributed by atoms with van der Waals surface area (Å²) in [6.07, 6.45) is 1.65. The van der Waals surface area contributed by atoms with Crippen molar-refractivity contribution < 1.29 is 9.53 Å². The lowest BCUT2D eigenvalue weighted by Gasteiger charge is -2.31. The Morgan fingerprint density at radius 3 is 2.68 bits per heavy atom. The molecule has 1 N–H and O–H groups in total. The molecule has 2 saturated heterocycles. The van der Waals surface area contributed by atoms with Gasteiger partial charge in [-0.2, -0.15) is 0 Å². The van der Waals surface area contributed by atoms with Gasteiger partial charge >= 0.3 is 6.09 Å². The van der Waals surface area contributed by atoms with Crippen molar-refractivity contribution in [2.75, 3.05) is 19.6 Å². The Balaban J connectivity index is 1.53. The van der Waals surface area contributed by atoms with Crippen LogP contribution >= 0.6 is 0 Å². The van der Waals surface area contributed by atoms with Crippen LogP contribution in [0.3, 0.4) is 0 Å². The number of carbonyl (C=O) groups excluding carboxylic acids is 1. The van der Waals surface area contributed by atoms with Crippen LogP contribution < -0.4 is 5.32 Å². The van der Waals surface area contributed by atoms with Crippen molar-refractivity contribution in [2.24, 2.45) is 0 Å². The van der Waals surface area contributed by atoms with Gasteiger partial charge in [-0.05, 0) is 35.5 Å². The molecule has 1 amide bonds. The molecule has 0 bridgehead atoms. The Bertz CT molecular complexity index is 707. The average Bonchev–Trinajstić information content (AvgIpc) is 2.83. The molecule has 4 heteroatoms. The molecule has 4 rings (SSSR count). The number of rotatable bonds is 2. The monoisotopic (exact) mass is 296 g/mol. The number of carbonyl (C=O) groups is 1. The topological polar surface area (TPSA) is 41.6 Å². The molecule has 0 aliphatic carbocycles. The highest BCUT2D eigenvalue weighted by molar-refractivity contribution is 5.83. The van der Waals surface area contributed by atoms with Gasteiger partial charge < -0.3 is 10.1 Å². The zero-order valence-electron chi connectivity index (χ0n) is 12.5. The Hall–Kier alpha value is -2.07. The summed E-state index contributed by atoms with van der Waals surface area (Å²) in [5.41, 5.74) is 0.890. The Kier molecular flexibility index (Phi) is 3.26. The summed E-state index contributed by atoms with van der Waals surface area (Å²) in [7, 11) is 0. The predicted octanol–water partition coefficient (Wildman–Crippen LogP) is 2.91. The third kappa shape index (κ3) is 2.44. The smallest absolute Gasteiger partial charge is 0.410 e. The van der Waals surface area contributed by atoms with Crippen molar-refractivity contribution in [1.82, 2.24) is 10.2 Å². The van der Waals surface area contributed by atoms with E-state index in [9.17, 15) is 4.79 Å². The molecular weight excluding hydrogens is 276 g/mol. The number of benzene rings is 2. The molecule has 0 unspecified atom stereocenters. The van der Waals surface area contributed by atoms with Crippen LogP contribution in [0.15, 0.2) is 42.5 Å². The van der Waals surface area contributed by atoms with Gasteiger partial charge in [-0.15, -0.1) is 0 Å². The van der Waals surface area contributed by atoms with E-state index in [1.54, 1.807) is 0 Å². The number of hydrogen-bond acceptors (Lipinski definition) is 3. The fourth-order valence-corrected chi connectivity index (χ4v) is 3.51. The van der Waals surface area contributed by atoms with Crippen LogP contribution in [0.25, 0.3) is 10.8 Å². The van der Waals surface area contributed by atoms with Crippen molar-refractivity contribution in [3.05, 3.63) is 48.0 Å². The molecule has 2 aliphatic heterocycles. The van der Waals surface area contributed by atoms with Gasteiger partial charge in [0.05, 0.1) is 6.54 Å². The second-order valence-corrected chi connectivity index (χ2v) is 6.34. The fourth-order valence-electron chi connectivity index (χ4n) is 3.51. The third-order valence-corrected chi connectivity index (χ3v) is 4.74. The summed E-state index contributed by atoms with van der Waals surface area (Å²) in [5, 5.41) is 5.76. The highest BCUT2D eigenvalue weighted by atomic mass is 16.6. The maximum Gasteiger partial charge on any atom is 0.410 e. The molecule has 2 fully saturated rings. The number of amides is 1. The van der Waals surface area contributed by atoms with Crippen LogP contribution in [0.4, 0.5) is 4.79 Å². The standard InChI is InChI=1S/C18H20N2O2/c21-17-20(13-18(22-17)7-9-19-10-8-18)12-14-5-6-15-3-1-2-4-16(15)11-14/h1-6,11,19H,7-10,12-13H2. The van der Waals surface area contributed by atoms with E-state index in [1.807, 2.05) is 17.0 Å². The molecule has 2 aromatic carbocycles. The van der Waals surface area contributed by atoms with Crippen molar-refractivity contribution in [2.45, 2.75) is 25.0 Å². The third-order valence-electron chi connectivity index (χ3n) is 4.74. The molecule has 2 heterocycles. The minimum absolute atomic E-state index is 0.171. The van der Waals surface area contributed by atoms with Gasteiger partial charge in [-0.1, -0.05) is 36.4 Å². The Morgan fingerprint density at radius 2 is 1.86 bits per heavy atom. The van der Waals surface area contributed by atoms with Crippen molar-refractivity contribution >= 4 is 16.9 Å². The summed E-state index contributed by atoms with van der Waals surface area (Å²) >= 11 is 0. The van der Waals surface area contributed by atoms with E-state index in [4.69, 9.17) is 4.74 Å². The number of piperidine rings is 1. The number of nitrogens with zero attached hydrogens (tertiary/aromatic N) is 1. The molecular formula is C18H20N2O2. The molecule has 4 nitrogen and oxygen atoms in total. The van der Waals surface area contributed by atoms with Gasteiger partial charge in [0, 0.05) is 19.4 Å². The zero-order valence-corrected chi connectivity index (χ0v) is 12.5. The molecule has 22 heavy (non-hydrogen) atoms. The summed E-state index contributed by atoms with van der Waals surface area (Å²) in [5.74, 6) is 0. The van der Waals surface area contributed by atoms with E-state index in [2.05, 4.69) is 35.6 Å². The van der Waals surface area contributed by atoms with Crippen LogP contribution in [0, 0.1) is 0 Å². The summed E-state index contributed by atoms with van der Waals surface area (Å²) in [6, 6.07) is 14.7. The minimum Gasteiger partial charge on any atom is -0.441 e. The van der Waals surface area contributed by atoms with Gasteiger partial charge in [0.1, 0.15) is 5.60 Å². The van der Waals surface area contributed by atoms with E-state index in [1.165, 1.54) is 10.8 Å². The van der Waals surface area contributed by atoms with Crippen LogP contribution in [0.2, 0.25) is 0 Å². The lowest BCUT2D eigenvalue weighted by Crippen LogP contribution is -2.44. The fraction of sp³-hybridized carbons (Fsp3) is 0.389. The molecule has 0 radical (unpaired) electrons. The predicted molar refractivity (Wildman–Crippen MR) is 85.7 cm³/mol. The Morgan fingerprint density at radius 1 is 1.09 bits per heavy atom. The number of nitrogens with one attached hydrogen (secondary N) is 1. The van der Waals surface area contributed by atoms with E-state index < -0.39 is 0 Å². The van der Waals surface area contributed by atoms with Crippen molar-refractivity contribution in [3.8, 4) is 0 Å². The van der Waals surface area contributed by atoms with Crippen LogP contribution in [0.5, 0.6) is 0 Å². The first-order valence-corrected chi connectivity index (χ1v) is 7.91. The van der Waals surface area contributed by atoms with Crippen molar-refractivity contribution in [1.29, 1.82) is 0 Å². The van der Waals surface area contributed by atoms with Gasteiger partial charge in [-0.3, -0.25) is 4.90 Å². The number of hydrogen-bond donors (Lipinski definition) is 1. The van der Waals surface area contributed by atoms with Gasteiger partial charge in [-0.25, -0.2) is 4.79 Å². The Labute approximate surface area is 130 Å². The van der Waals surface area contributed by atoms with Crippen LogP contribution in [0.1, 0.15) is 18.4 Å². The first kappa shape index (κ1) is 13.6. The highest BCUT2D eigenvalue weighted by Gasteiger charge is 2.45. The first-order valence-electron chi connectivity index (χ1n) is 7.91. The zero-order chi connectivity index (χ0) is 15.0. The van der Waals surface area contributed by atoms with Gasteiger partial charge in [0.2, 0.25) is 0 Å². The molecule has 0 saturated carbocycles. The van der Waals surface area contributed by atoms with Gasteiger partial charge in [0.25, 0.3) is 0 Å². The van der Waals surface area contributed by atoms with E-state index in [0.29, 0.717) is 13.1 Å². The first-order chi connectivity index (χ1) is 10.7. The second-order valence-electron chi connectivity index (χ2n) is 6.34.